The average Bonchev–Trinajstić information content (AvgIpc) is 3.51. The smallest absolute Gasteiger partial charge is 0.252 e. The molecule has 0 fully saturated rings. The normalized spacial score (nSPS) is 14.0. The van der Waals surface area contributed by atoms with E-state index in [2.05, 4.69) is 10.7 Å². The zero-order valence-corrected chi connectivity index (χ0v) is 28.3. The fraction of sp³-hybridized carbons (Fsp3) is 0.429. The molecule has 0 saturated carbocycles. The number of hydrogen-bond donors (Lipinski definition) is 3. The Kier molecular flexibility index (Phi) is 12.8. The van der Waals surface area contributed by atoms with Crippen LogP contribution >= 0.6 is 0 Å². The molecule has 3 aromatic rings. The third kappa shape index (κ3) is 10.3. The summed E-state index contributed by atoms with van der Waals surface area (Å²) >= 11 is 0. The average molecular weight is 667 g/mol. The third-order valence-corrected chi connectivity index (χ3v) is 9.39. The number of nitrogens with one attached hydrogen (secondary N) is 2. The Morgan fingerprint density at radius 3 is 2.13 bits per heavy atom. The molecule has 11 nitrogen and oxygen atoms in total. The first kappa shape index (κ1) is 35.9. The molecule has 254 valence electrons. The molecular weight excluding hydrogens is 620 g/mol. The number of fused-ring (bicyclic) bond motifs is 1. The SMILES string of the molecule is CC(C)CC(=O)N(NC(=O)CNCc1ccccc1)C(Cc1ccccc1)[C@H](O)CN(CC(C)C)S(=O)(=O)c1ccc2c(c1)OCO2. The topological polar surface area (TPSA) is 138 Å². The number of nitrogens with zero attached hydrogens (tertiary/aromatic N) is 2. The number of benzene rings is 3. The van der Waals surface area contributed by atoms with Crippen LogP contribution in [-0.4, -0.2) is 73.2 Å². The third-order valence-electron chi connectivity index (χ3n) is 7.56. The van der Waals surface area contributed by atoms with E-state index in [0.717, 1.165) is 11.1 Å². The van der Waals surface area contributed by atoms with Gasteiger partial charge in [0.2, 0.25) is 22.7 Å². The van der Waals surface area contributed by atoms with Crippen LogP contribution in [-0.2, 0) is 32.6 Å². The van der Waals surface area contributed by atoms with Gasteiger partial charge in [-0.05, 0) is 41.5 Å². The molecule has 1 aliphatic heterocycles. The molecule has 4 rings (SSSR count). The molecule has 0 saturated heterocycles. The molecule has 3 aromatic carbocycles. The molecule has 0 aliphatic carbocycles. The molecule has 1 aliphatic rings. The number of carbonyl (C=O) groups is 2. The molecular formula is C35H46N4O7S. The van der Waals surface area contributed by atoms with Gasteiger partial charge in [-0.3, -0.25) is 15.0 Å². The van der Waals surface area contributed by atoms with Crippen molar-refractivity contribution in [2.24, 2.45) is 11.8 Å². The predicted molar refractivity (Wildman–Crippen MR) is 179 cm³/mol. The number of aliphatic hydroxyl groups excluding tert-OH is 1. The molecule has 2 amide bonds. The van der Waals surface area contributed by atoms with Crippen LogP contribution in [0.3, 0.4) is 0 Å². The molecule has 3 N–H and O–H groups in total. The zero-order valence-electron chi connectivity index (χ0n) is 27.5. The summed E-state index contributed by atoms with van der Waals surface area (Å²) in [4.78, 5) is 27.0. The number of rotatable bonds is 16. The Hall–Kier alpha value is -3.97. The van der Waals surface area contributed by atoms with Crippen molar-refractivity contribution in [3.63, 3.8) is 0 Å². The van der Waals surface area contributed by atoms with Crippen molar-refractivity contribution in [3.8, 4) is 11.5 Å². The number of ether oxygens (including phenoxy) is 2. The van der Waals surface area contributed by atoms with Crippen molar-refractivity contribution >= 4 is 21.8 Å². The van der Waals surface area contributed by atoms with Gasteiger partial charge < -0.3 is 19.9 Å². The maximum absolute atomic E-state index is 14.0. The lowest BCUT2D eigenvalue weighted by molar-refractivity contribution is -0.148. The van der Waals surface area contributed by atoms with E-state index in [1.807, 2.05) is 88.4 Å². The van der Waals surface area contributed by atoms with Crippen molar-refractivity contribution in [3.05, 3.63) is 90.0 Å². The lowest BCUT2D eigenvalue weighted by Gasteiger charge is -2.37. The van der Waals surface area contributed by atoms with E-state index in [1.54, 1.807) is 6.07 Å². The predicted octanol–water partition coefficient (Wildman–Crippen LogP) is 3.73. The Bertz CT molecular complexity index is 1570. The summed E-state index contributed by atoms with van der Waals surface area (Å²) in [6.07, 6.45) is -1.09. The van der Waals surface area contributed by atoms with Gasteiger partial charge in [-0.25, -0.2) is 13.4 Å². The van der Waals surface area contributed by atoms with Gasteiger partial charge in [0.25, 0.3) is 5.91 Å². The number of sulfonamides is 1. The number of carbonyl (C=O) groups excluding carboxylic acids is 2. The summed E-state index contributed by atoms with van der Waals surface area (Å²) in [5.74, 6) is -0.174. The van der Waals surface area contributed by atoms with E-state index in [9.17, 15) is 23.1 Å². The number of hydrogen-bond acceptors (Lipinski definition) is 8. The van der Waals surface area contributed by atoms with Crippen molar-refractivity contribution in [2.75, 3.05) is 26.4 Å². The van der Waals surface area contributed by atoms with Crippen LogP contribution in [0.1, 0.15) is 45.2 Å². The molecule has 0 radical (unpaired) electrons. The highest BCUT2D eigenvalue weighted by Gasteiger charge is 2.36. The van der Waals surface area contributed by atoms with Crippen LogP contribution in [0.25, 0.3) is 0 Å². The van der Waals surface area contributed by atoms with E-state index >= 15 is 0 Å². The molecule has 2 atom stereocenters. The van der Waals surface area contributed by atoms with Gasteiger partial charge in [0.15, 0.2) is 11.5 Å². The second-order valence-electron chi connectivity index (χ2n) is 12.5. The highest BCUT2D eigenvalue weighted by atomic mass is 32.2. The van der Waals surface area contributed by atoms with E-state index in [0.29, 0.717) is 18.0 Å². The first-order valence-electron chi connectivity index (χ1n) is 15.9. The molecule has 1 heterocycles. The first-order chi connectivity index (χ1) is 22.4. The van der Waals surface area contributed by atoms with Crippen LogP contribution in [0, 0.1) is 11.8 Å². The minimum Gasteiger partial charge on any atom is -0.454 e. The maximum Gasteiger partial charge on any atom is 0.252 e. The van der Waals surface area contributed by atoms with Gasteiger partial charge in [-0.15, -0.1) is 0 Å². The molecule has 0 spiro atoms. The molecule has 0 aromatic heterocycles. The lowest BCUT2D eigenvalue weighted by atomic mass is 9.99. The van der Waals surface area contributed by atoms with E-state index in [-0.39, 0.29) is 61.9 Å². The lowest BCUT2D eigenvalue weighted by Crippen LogP contribution is -2.60. The summed E-state index contributed by atoms with van der Waals surface area (Å²) in [7, 11) is -4.11. The number of hydrazine groups is 1. The van der Waals surface area contributed by atoms with Gasteiger partial charge in [0.05, 0.1) is 23.6 Å². The molecule has 1 unspecified atom stereocenters. The van der Waals surface area contributed by atoms with Gasteiger partial charge >= 0.3 is 0 Å². The largest absolute Gasteiger partial charge is 0.454 e. The monoisotopic (exact) mass is 666 g/mol. The van der Waals surface area contributed by atoms with Crippen LogP contribution in [0.15, 0.2) is 83.8 Å². The molecule has 47 heavy (non-hydrogen) atoms. The second-order valence-corrected chi connectivity index (χ2v) is 14.5. The van der Waals surface area contributed by atoms with Crippen LogP contribution in [0.2, 0.25) is 0 Å². The minimum atomic E-state index is -4.11. The summed E-state index contributed by atoms with van der Waals surface area (Å²) in [6.45, 7) is 7.73. The number of aliphatic hydroxyl groups is 1. The summed E-state index contributed by atoms with van der Waals surface area (Å²) in [5, 5.41) is 16.2. The Labute approximate surface area is 277 Å². The van der Waals surface area contributed by atoms with Crippen molar-refractivity contribution in [1.82, 2.24) is 20.1 Å². The Balaban J connectivity index is 1.62. The maximum atomic E-state index is 14.0. The highest BCUT2D eigenvalue weighted by Crippen LogP contribution is 2.35. The van der Waals surface area contributed by atoms with Crippen LogP contribution < -0.4 is 20.2 Å². The molecule has 12 heteroatoms. The van der Waals surface area contributed by atoms with Gasteiger partial charge in [0, 0.05) is 32.1 Å². The molecule has 0 bridgehead atoms. The van der Waals surface area contributed by atoms with Gasteiger partial charge in [-0.2, -0.15) is 4.31 Å². The summed E-state index contributed by atoms with van der Waals surface area (Å²) in [6, 6.07) is 22.3. The van der Waals surface area contributed by atoms with Gasteiger partial charge in [-0.1, -0.05) is 88.4 Å². The van der Waals surface area contributed by atoms with Gasteiger partial charge in [0.1, 0.15) is 0 Å². The fourth-order valence-corrected chi connectivity index (χ4v) is 6.96. The minimum absolute atomic E-state index is 0.000238. The van der Waals surface area contributed by atoms with E-state index < -0.39 is 28.1 Å². The summed E-state index contributed by atoms with van der Waals surface area (Å²) < 4.78 is 40.0. The van der Waals surface area contributed by atoms with E-state index in [4.69, 9.17) is 9.47 Å². The zero-order chi connectivity index (χ0) is 34.0. The fourth-order valence-electron chi connectivity index (χ4n) is 5.32. The Morgan fingerprint density at radius 1 is 0.851 bits per heavy atom. The Morgan fingerprint density at radius 2 is 1.49 bits per heavy atom. The van der Waals surface area contributed by atoms with Crippen molar-refractivity contribution < 1.29 is 32.6 Å². The van der Waals surface area contributed by atoms with Crippen molar-refractivity contribution in [2.45, 2.75) is 64.1 Å². The summed E-state index contributed by atoms with van der Waals surface area (Å²) in [5.41, 5.74) is 4.56. The number of amides is 2. The van der Waals surface area contributed by atoms with E-state index in [1.165, 1.54) is 21.4 Å². The van der Waals surface area contributed by atoms with Crippen molar-refractivity contribution in [1.29, 1.82) is 0 Å². The standard InChI is InChI=1S/C35H46N4O7S/c1-25(2)17-35(42)39(37-34(41)21-36-20-28-13-9-6-10-14-28)30(18-27-11-7-5-8-12-27)31(40)23-38(22-26(3)4)47(43,44)29-15-16-32-33(19-29)46-24-45-32/h5-16,19,25-26,30-31,36,40H,17-18,20-24H2,1-4H3,(H,37,41)/t30?,31-/m1/s1. The quantitative estimate of drug-likeness (QED) is 0.197. The van der Waals surface area contributed by atoms with Crippen LogP contribution in [0.4, 0.5) is 0 Å². The van der Waals surface area contributed by atoms with Crippen LogP contribution in [0.5, 0.6) is 11.5 Å². The second kappa shape index (κ2) is 16.7. The first-order valence-corrected chi connectivity index (χ1v) is 17.4. The highest BCUT2D eigenvalue weighted by molar-refractivity contribution is 7.89.